The van der Waals surface area contributed by atoms with E-state index in [4.69, 9.17) is 42.6 Å². The lowest BCUT2D eigenvalue weighted by Crippen LogP contribution is -2.61. The van der Waals surface area contributed by atoms with Gasteiger partial charge in [0.1, 0.15) is 30.0 Å². The van der Waals surface area contributed by atoms with Crippen LogP contribution in [0.15, 0.2) is 0 Å². The fourth-order valence-electron chi connectivity index (χ4n) is 9.81. The van der Waals surface area contributed by atoms with Gasteiger partial charge in [-0.05, 0) is 94.8 Å². The van der Waals surface area contributed by atoms with Gasteiger partial charge in [-0.3, -0.25) is 4.79 Å². The fraction of sp³-hybridized carbons (Fsp3) is 0.976. The number of carbonyl (C=O) groups excluding carboxylic acids is 1. The van der Waals surface area contributed by atoms with Crippen LogP contribution in [0.5, 0.6) is 0 Å². The molecule has 14 nitrogen and oxygen atoms in total. The van der Waals surface area contributed by atoms with Crippen molar-refractivity contribution in [2.24, 2.45) is 17.8 Å². The number of carbonyl (C=O) groups is 1. The molecule has 3 aliphatic heterocycles. The first kappa shape index (κ1) is 48.4. The number of aliphatic hydroxyl groups is 2. The fourth-order valence-corrected chi connectivity index (χ4v) is 9.81. The molecule has 0 spiro atoms. The van der Waals surface area contributed by atoms with Gasteiger partial charge in [0, 0.05) is 59.4 Å². The van der Waals surface area contributed by atoms with E-state index in [-0.39, 0.29) is 30.2 Å². The predicted octanol–water partition coefficient (Wildman–Crippen LogP) is 3.86. The Bertz CT molecular complexity index is 1200. The van der Waals surface area contributed by atoms with Gasteiger partial charge in [0.05, 0.1) is 41.5 Å². The number of rotatable bonds is 10. The summed E-state index contributed by atoms with van der Waals surface area (Å²) < 4.78 is 57.0. The van der Waals surface area contributed by atoms with Crippen molar-refractivity contribution in [3.63, 3.8) is 0 Å². The smallest absolute Gasteiger partial charge is 0.311 e. The monoisotopic (exact) mass is 791 g/mol. The van der Waals surface area contributed by atoms with Crippen molar-refractivity contribution >= 4 is 5.97 Å². The molecule has 0 amide bonds. The van der Waals surface area contributed by atoms with Crippen LogP contribution in [0.4, 0.5) is 0 Å². The molecule has 0 unspecified atom stereocenters. The number of ether oxygens (including phenoxy) is 9. The van der Waals surface area contributed by atoms with Crippen LogP contribution in [0.25, 0.3) is 0 Å². The molecular weight excluding hydrogens is 712 g/mol. The van der Waals surface area contributed by atoms with E-state index in [1.54, 1.807) is 42.3 Å². The van der Waals surface area contributed by atoms with Gasteiger partial charge in [0.25, 0.3) is 0 Å². The second-order valence-corrected chi connectivity index (χ2v) is 17.8. The Hall–Kier alpha value is -1.01. The number of methoxy groups -OCH3 is 4. The number of hydrogen-bond donors (Lipinski definition) is 2. The molecule has 3 rings (SSSR count). The summed E-state index contributed by atoms with van der Waals surface area (Å²) >= 11 is 0. The largest absolute Gasteiger partial charge is 0.459 e. The highest BCUT2D eigenvalue weighted by molar-refractivity contribution is 5.73. The average molecular weight is 791 g/mol. The molecule has 18 atom stereocenters. The Balaban J connectivity index is 2.22. The van der Waals surface area contributed by atoms with Gasteiger partial charge in [-0.2, -0.15) is 0 Å². The molecule has 0 saturated carbocycles. The molecule has 3 heterocycles. The minimum absolute atomic E-state index is 0.0320. The first-order valence-corrected chi connectivity index (χ1v) is 20.3. The van der Waals surface area contributed by atoms with Gasteiger partial charge in [-0.15, -0.1) is 0 Å². The second kappa shape index (κ2) is 19.8. The van der Waals surface area contributed by atoms with E-state index in [2.05, 4.69) is 18.7 Å². The summed E-state index contributed by atoms with van der Waals surface area (Å²) in [4.78, 5) is 18.7. The zero-order chi connectivity index (χ0) is 41.8. The molecule has 55 heavy (non-hydrogen) atoms. The molecule has 0 bridgehead atoms. The molecule has 324 valence electrons. The minimum Gasteiger partial charge on any atom is -0.459 e. The summed E-state index contributed by atoms with van der Waals surface area (Å²) in [5.74, 6) is -2.08. The molecule has 14 heteroatoms. The van der Waals surface area contributed by atoms with Crippen LogP contribution in [0.1, 0.15) is 94.9 Å². The maximum absolute atomic E-state index is 14.6. The molecule has 2 N–H and O–H groups in total. The number of esters is 1. The van der Waals surface area contributed by atoms with E-state index in [1.165, 1.54) is 0 Å². The predicted molar refractivity (Wildman–Crippen MR) is 209 cm³/mol. The average Bonchev–Trinajstić information content (AvgIpc) is 3.11. The van der Waals surface area contributed by atoms with Crippen molar-refractivity contribution in [1.29, 1.82) is 0 Å². The molecule has 3 fully saturated rings. The van der Waals surface area contributed by atoms with E-state index in [9.17, 15) is 15.0 Å². The maximum Gasteiger partial charge on any atom is 0.311 e. The molecule has 0 radical (unpaired) electrons. The van der Waals surface area contributed by atoms with Crippen molar-refractivity contribution < 1.29 is 57.6 Å². The normalized spacial score (nSPS) is 47.6. The first-order valence-electron chi connectivity index (χ1n) is 20.3. The minimum atomic E-state index is -1.48. The maximum atomic E-state index is 14.6. The van der Waals surface area contributed by atoms with Crippen LogP contribution in [0, 0.1) is 17.8 Å². The number of likely N-dealkylation sites (N-methyl/N-ethyl adjacent to an activating group) is 2. The van der Waals surface area contributed by atoms with E-state index in [0.29, 0.717) is 32.2 Å². The molecular formula is C41H78N2O12. The van der Waals surface area contributed by atoms with Crippen LogP contribution in [0.3, 0.4) is 0 Å². The van der Waals surface area contributed by atoms with E-state index in [0.717, 1.165) is 0 Å². The summed E-state index contributed by atoms with van der Waals surface area (Å²) in [7, 11) is 12.4. The SMILES string of the molecule is CC[C@H]1OC(=O)[C@H](C)[C@@H](O[C@H]2C[C@@](C)(OC)[C@@H](OC)[C@H](C)O2)[C@H](C)[C@@H](O[C@@H]2O[C@H](C)C[C@H](N(C)C)[C@H]2O)[C@](C)(O)C[C@@H](C)CN(C)[C@H](C)[C@@H](OC)[C@]1(C)OC. The lowest BCUT2D eigenvalue weighted by atomic mass is 9.77. The summed E-state index contributed by atoms with van der Waals surface area (Å²) in [6.07, 6.45) is -5.20. The molecule has 3 aliphatic rings. The van der Waals surface area contributed by atoms with E-state index < -0.39 is 83.8 Å². The number of nitrogens with zero attached hydrogens (tertiary/aromatic N) is 2. The highest BCUT2D eigenvalue weighted by Crippen LogP contribution is 2.41. The molecule has 0 aliphatic carbocycles. The zero-order valence-electron chi connectivity index (χ0n) is 37.1. The molecule has 3 saturated heterocycles. The van der Waals surface area contributed by atoms with Crippen LogP contribution in [-0.2, 0) is 47.4 Å². The zero-order valence-corrected chi connectivity index (χ0v) is 37.1. The van der Waals surface area contributed by atoms with Gasteiger partial charge in [-0.25, -0.2) is 0 Å². The third kappa shape index (κ3) is 10.8. The van der Waals surface area contributed by atoms with Gasteiger partial charge < -0.3 is 62.6 Å². The second-order valence-electron chi connectivity index (χ2n) is 17.8. The van der Waals surface area contributed by atoms with Crippen molar-refractivity contribution in [3.05, 3.63) is 0 Å². The first-order chi connectivity index (χ1) is 25.5. The van der Waals surface area contributed by atoms with Crippen LogP contribution < -0.4 is 0 Å². The third-order valence-corrected chi connectivity index (χ3v) is 13.0. The van der Waals surface area contributed by atoms with E-state index >= 15 is 0 Å². The van der Waals surface area contributed by atoms with Crippen LogP contribution >= 0.6 is 0 Å². The van der Waals surface area contributed by atoms with Gasteiger partial charge >= 0.3 is 5.97 Å². The number of aliphatic hydroxyl groups excluding tert-OH is 1. The summed E-state index contributed by atoms with van der Waals surface area (Å²) in [6.45, 7) is 19.9. The summed E-state index contributed by atoms with van der Waals surface area (Å²) in [6, 6.07) is -0.398. The summed E-state index contributed by atoms with van der Waals surface area (Å²) in [5.41, 5.74) is -3.26. The third-order valence-electron chi connectivity index (χ3n) is 13.0. The lowest BCUT2D eigenvalue weighted by molar-refractivity contribution is -0.319. The standard InChI is InChI=1S/C41H78N2O12/c1-18-30-41(10,50-17)35(47-14)27(6)43(13)22-23(2)20-39(8,46)34(55-38-32(44)29(42(11)12)19-24(3)51-38)25(4)33(26(5)37(45)53-30)54-31-21-40(9,49-16)36(48-15)28(7)52-31/h23-36,38,44,46H,18-22H2,1-17H3/t23-,24-,25+,26-,27-,28+,29+,30-,31+,32-,33+,34-,35-,36+,38+,39-,40-,41-/m1/s1. The topological polar surface area (TPSA) is 147 Å². The quantitative estimate of drug-likeness (QED) is 0.309. The molecule has 0 aromatic rings. The van der Waals surface area contributed by atoms with Crippen molar-refractivity contribution in [2.75, 3.05) is 56.1 Å². The van der Waals surface area contributed by atoms with E-state index in [1.807, 2.05) is 67.6 Å². The molecule has 0 aromatic heterocycles. The number of cyclic esters (lactones) is 1. The highest BCUT2D eigenvalue weighted by atomic mass is 16.7. The van der Waals surface area contributed by atoms with Crippen molar-refractivity contribution in [2.45, 2.75) is 185 Å². The van der Waals surface area contributed by atoms with Gasteiger partial charge in [0.15, 0.2) is 12.6 Å². The van der Waals surface area contributed by atoms with Crippen LogP contribution in [0.2, 0.25) is 0 Å². The molecule has 0 aromatic carbocycles. The Morgan fingerprint density at radius 3 is 2.04 bits per heavy atom. The van der Waals surface area contributed by atoms with Gasteiger partial charge in [-0.1, -0.05) is 20.8 Å². The van der Waals surface area contributed by atoms with Crippen molar-refractivity contribution in [1.82, 2.24) is 9.80 Å². The van der Waals surface area contributed by atoms with Crippen LogP contribution in [-0.4, -0.2) is 172 Å². The van der Waals surface area contributed by atoms with Crippen molar-refractivity contribution in [3.8, 4) is 0 Å². The number of hydrogen-bond acceptors (Lipinski definition) is 14. The Kier molecular flexibility index (Phi) is 17.4. The van der Waals surface area contributed by atoms with Gasteiger partial charge in [0.2, 0.25) is 0 Å². The highest BCUT2D eigenvalue weighted by Gasteiger charge is 2.53. The Morgan fingerprint density at radius 2 is 1.51 bits per heavy atom. The Labute approximate surface area is 332 Å². The summed E-state index contributed by atoms with van der Waals surface area (Å²) in [5, 5.41) is 24.3. The lowest BCUT2D eigenvalue weighted by Gasteiger charge is -2.49. The Morgan fingerprint density at radius 1 is 0.891 bits per heavy atom.